The van der Waals surface area contributed by atoms with Gasteiger partial charge in [-0.3, -0.25) is 4.79 Å². The second-order valence-corrected chi connectivity index (χ2v) is 10.8. The number of hydrogen-bond donors (Lipinski definition) is 0. The van der Waals surface area contributed by atoms with Crippen LogP contribution in [0, 0.1) is 16.6 Å². The number of thiophene rings is 1. The molecule has 150 valence electrons. The monoisotopic (exact) mass is 408 g/mol. The average molecular weight is 409 g/mol. The molecule has 1 aliphatic heterocycles. The molecule has 3 nitrogen and oxygen atoms in total. The van der Waals surface area contributed by atoms with Gasteiger partial charge < -0.3 is 4.90 Å². The molecule has 1 amide bonds. The number of fused-ring (bicyclic) bond motifs is 3. The van der Waals surface area contributed by atoms with Crippen LogP contribution in [0.15, 0.2) is 41.8 Å². The van der Waals surface area contributed by atoms with E-state index >= 15 is 0 Å². The molecule has 3 aromatic rings. The number of amides is 1. The molecule has 2 aromatic heterocycles. The Morgan fingerprint density at radius 1 is 1.21 bits per heavy atom. The summed E-state index contributed by atoms with van der Waals surface area (Å²) in [7, 11) is 0. The van der Waals surface area contributed by atoms with Crippen LogP contribution in [0.5, 0.6) is 0 Å². The molecule has 5 rings (SSSR count). The first-order chi connectivity index (χ1) is 13.7. The topological polar surface area (TPSA) is 33.2 Å². The van der Waals surface area contributed by atoms with Crippen molar-refractivity contribution in [2.24, 2.45) is 10.8 Å². The van der Waals surface area contributed by atoms with Crippen molar-refractivity contribution in [1.29, 1.82) is 0 Å². The Morgan fingerprint density at radius 3 is 2.79 bits per heavy atom. The molecular weight excluding hydrogens is 383 g/mol. The second-order valence-electron chi connectivity index (χ2n) is 9.84. The molecule has 5 heteroatoms. The molecule has 1 aromatic carbocycles. The summed E-state index contributed by atoms with van der Waals surface area (Å²) in [4.78, 5) is 21.5. The highest BCUT2D eigenvalue weighted by Gasteiger charge is 2.51. The number of nitrogens with zero attached hydrogens (tertiary/aromatic N) is 2. The van der Waals surface area contributed by atoms with Crippen LogP contribution in [0.1, 0.15) is 50.4 Å². The highest BCUT2D eigenvalue weighted by molar-refractivity contribution is 7.13. The minimum absolute atomic E-state index is 0.00670. The van der Waals surface area contributed by atoms with Gasteiger partial charge in [-0.25, -0.2) is 9.37 Å². The van der Waals surface area contributed by atoms with Crippen molar-refractivity contribution in [2.75, 3.05) is 6.54 Å². The second kappa shape index (κ2) is 6.36. The number of carbonyl (C=O) groups excluding carboxylic acids is 1. The van der Waals surface area contributed by atoms with E-state index in [2.05, 4.69) is 20.8 Å². The van der Waals surface area contributed by atoms with Gasteiger partial charge in [0.05, 0.1) is 21.7 Å². The van der Waals surface area contributed by atoms with Crippen LogP contribution in [0.4, 0.5) is 4.39 Å². The number of likely N-dealkylation sites (tertiary alicyclic amines) is 1. The van der Waals surface area contributed by atoms with E-state index in [0.29, 0.717) is 16.5 Å². The summed E-state index contributed by atoms with van der Waals surface area (Å²) < 4.78 is 14.1. The summed E-state index contributed by atoms with van der Waals surface area (Å²) in [5.74, 6) is -0.335. The van der Waals surface area contributed by atoms with Gasteiger partial charge in [0.2, 0.25) is 0 Å². The lowest BCUT2D eigenvalue weighted by Gasteiger charge is -2.39. The van der Waals surface area contributed by atoms with Gasteiger partial charge in [-0.15, -0.1) is 11.3 Å². The van der Waals surface area contributed by atoms with Gasteiger partial charge in [0.25, 0.3) is 5.91 Å². The van der Waals surface area contributed by atoms with E-state index in [4.69, 9.17) is 4.98 Å². The van der Waals surface area contributed by atoms with Crippen LogP contribution in [0.3, 0.4) is 0 Å². The van der Waals surface area contributed by atoms with E-state index in [1.807, 2.05) is 28.5 Å². The predicted molar refractivity (Wildman–Crippen MR) is 116 cm³/mol. The lowest BCUT2D eigenvalue weighted by molar-refractivity contribution is 0.0710. The third-order valence-electron chi connectivity index (χ3n) is 6.45. The molecule has 1 aliphatic carbocycles. The molecule has 1 saturated carbocycles. The Balaban J connectivity index is 1.62. The maximum absolute atomic E-state index is 14.1. The average Bonchev–Trinajstić information content (AvgIpc) is 3.25. The van der Waals surface area contributed by atoms with E-state index < -0.39 is 0 Å². The number of halogens is 1. The normalized spacial score (nSPS) is 25.5. The van der Waals surface area contributed by atoms with Crippen molar-refractivity contribution >= 4 is 28.1 Å². The number of carbonyl (C=O) groups is 1. The fourth-order valence-electron chi connectivity index (χ4n) is 5.78. The highest BCUT2D eigenvalue weighted by atomic mass is 32.1. The van der Waals surface area contributed by atoms with E-state index in [9.17, 15) is 9.18 Å². The Hall–Kier alpha value is -2.27. The van der Waals surface area contributed by atoms with Crippen molar-refractivity contribution in [3.05, 3.63) is 53.2 Å². The maximum Gasteiger partial charge on any atom is 0.254 e. The van der Waals surface area contributed by atoms with Gasteiger partial charge in [-0.05, 0) is 65.8 Å². The molecule has 1 saturated heterocycles. The number of hydrogen-bond acceptors (Lipinski definition) is 3. The van der Waals surface area contributed by atoms with Crippen LogP contribution in [0.25, 0.3) is 21.5 Å². The zero-order valence-corrected chi connectivity index (χ0v) is 17.9. The number of pyridine rings is 1. The van der Waals surface area contributed by atoms with Crippen LogP contribution >= 0.6 is 11.3 Å². The van der Waals surface area contributed by atoms with Gasteiger partial charge >= 0.3 is 0 Å². The Kier molecular flexibility index (Phi) is 4.11. The van der Waals surface area contributed by atoms with Crippen LogP contribution in [0.2, 0.25) is 0 Å². The minimum atomic E-state index is -0.342. The summed E-state index contributed by atoms with van der Waals surface area (Å²) in [6.07, 6.45) is 3.20. The van der Waals surface area contributed by atoms with Crippen molar-refractivity contribution in [1.82, 2.24) is 9.88 Å². The SMILES string of the molecule is CC1(C)CC2CC(C)(CN2C(=O)c2cc(-c3cccs3)nc3ccc(F)cc23)C1. The standard InChI is InChI=1S/C24H25FN2OS/c1-23(2)11-16-12-24(3,13-23)14-27(16)22(28)18-10-20(21-5-4-8-29-21)26-19-7-6-15(25)9-17(18)19/h4-10,16H,11-14H2,1-3H3. The van der Waals surface area contributed by atoms with Gasteiger partial charge in [0.15, 0.2) is 0 Å². The first-order valence-electron chi connectivity index (χ1n) is 10.2. The van der Waals surface area contributed by atoms with Gasteiger partial charge in [0.1, 0.15) is 5.82 Å². The predicted octanol–water partition coefficient (Wildman–Crippen LogP) is 6.14. The highest BCUT2D eigenvalue weighted by Crippen LogP contribution is 2.52. The summed E-state index contributed by atoms with van der Waals surface area (Å²) in [5, 5.41) is 2.60. The molecule has 0 radical (unpaired) electrons. The zero-order chi connectivity index (χ0) is 20.4. The van der Waals surface area contributed by atoms with Gasteiger partial charge in [-0.1, -0.05) is 26.8 Å². The summed E-state index contributed by atoms with van der Waals surface area (Å²) in [6.45, 7) is 7.68. The minimum Gasteiger partial charge on any atom is -0.335 e. The van der Waals surface area contributed by atoms with Gasteiger partial charge in [-0.2, -0.15) is 0 Å². The van der Waals surface area contributed by atoms with E-state index in [0.717, 1.165) is 36.4 Å². The molecule has 2 unspecified atom stereocenters. The maximum atomic E-state index is 14.1. The molecule has 3 heterocycles. The molecule has 2 fully saturated rings. The number of rotatable bonds is 2. The van der Waals surface area contributed by atoms with E-state index in [1.54, 1.807) is 17.4 Å². The largest absolute Gasteiger partial charge is 0.335 e. The molecule has 0 spiro atoms. The summed E-state index contributed by atoms with van der Waals surface area (Å²) >= 11 is 1.59. The smallest absolute Gasteiger partial charge is 0.254 e. The van der Waals surface area contributed by atoms with Crippen LogP contribution in [-0.2, 0) is 0 Å². The lowest BCUT2D eigenvalue weighted by Crippen LogP contribution is -2.37. The Morgan fingerprint density at radius 2 is 2.03 bits per heavy atom. The van der Waals surface area contributed by atoms with Crippen molar-refractivity contribution in [3.8, 4) is 10.6 Å². The Bertz CT molecular complexity index is 1110. The third kappa shape index (κ3) is 3.25. The van der Waals surface area contributed by atoms with Crippen molar-refractivity contribution in [2.45, 2.75) is 46.1 Å². The zero-order valence-electron chi connectivity index (χ0n) is 17.0. The lowest BCUT2D eigenvalue weighted by atomic mass is 9.65. The van der Waals surface area contributed by atoms with Crippen molar-refractivity contribution < 1.29 is 9.18 Å². The molecule has 2 bridgehead atoms. The number of aromatic nitrogens is 1. The fraction of sp³-hybridized carbons (Fsp3) is 0.417. The third-order valence-corrected chi connectivity index (χ3v) is 7.34. The molecule has 0 N–H and O–H groups in total. The molecule has 2 aliphatic rings. The molecule has 29 heavy (non-hydrogen) atoms. The van der Waals surface area contributed by atoms with E-state index in [-0.39, 0.29) is 28.6 Å². The first kappa shape index (κ1) is 18.7. The fourth-order valence-corrected chi connectivity index (χ4v) is 6.46. The number of benzene rings is 1. The Labute approximate surface area is 174 Å². The van der Waals surface area contributed by atoms with Crippen molar-refractivity contribution in [3.63, 3.8) is 0 Å². The summed E-state index contributed by atoms with van der Waals surface area (Å²) in [5.41, 5.74) is 2.39. The van der Waals surface area contributed by atoms with Gasteiger partial charge in [0, 0.05) is 18.0 Å². The molecule has 2 atom stereocenters. The van der Waals surface area contributed by atoms with Crippen LogP contribution < -0.4 is 0 Å². The van der Waals surface area contributed by atoms with E-state index in [1.165, 1.54) is 12.1 Å². The first-order valence-corrected chi connectivity index (χ1v) is 11.1. The quantitative estimate of drug-likeness (QED) is 0.510. The van der Waals surface area contributed by atoms with Crippen LogP contribution in [-0.4, -0.2) is 28.4 Å². The summed E-state index contributed by atoms with van der Waals surface area (Å²) in [6, 6.07) is 10.6. The molecular formula is C24H25FN2OS.